The van der Waals surface area contributed by atoms with E-state index in [0.29, 0.717) is 18.5 Å². The summed E-state index contributed by atoms with van der Waals surface area (Å²) < 4.78 is 13.2. The van der Waals surface area contributed by atoms with E-state index in [1.54, 1.807) is 25.1 Å². The molecule has 0 saturated carbocycles. The van der Waals surface area contributed by atoms with Crippen molar-refractivity contribution in [3.63, 3.8) is 0 Å². The van der Waals surface area contributed by atoms with Gasteiger partial charge in [-0.15, -0.1) is 0 Å². The van der Waals surface area contributed by atoms with Crippen molar-refractivity contribution >= 4 is 5.91 Å². The molecule has 0 aliphatic heterocycles. The van der Waals surface area contributed by atoms with Gasteiger partial charge < -0.3 is 10.4 Å². The first-order valence-corrected chi connectivity index (χ1v) is 5.27. The molecule has 0 aliphatic rings. The number of benzene rings is 1. The average molecular weight is 225 g/mol. The van der Waals surface area contributed by atoms with Crippen molar-refractivity contribution in [2.75, 3.05) is 6.54 Å². The molecule has 3 nitrogen and oxygen atoms in total. The van der Waals surface area contributed by atoms with E-state index in [0.717, 1.165) is 0 Å². The van der Waals surface area contributed by atoms with E-state index in [1.807, 2.05) is 0 Å². The summed E-state index contributed by atoms with van der Waals surface area (Å²) in [5.41, 5.74) is 0.386. The fraction of sp³-hybridized carbons (Fsp3) is 0.417. The van der Waals surface area contributed by atoms with Crippen LogP contribution in [-0.2, 0) is 11.2 Å². The lowest BCUT2D eigenvalue weighted by Crippen LogP contribution is -2.28. The maximum absolute atomic E-state index is 13.2. The Morgan fingerprint density at radius 1 is 1.50 bits per heavy atom. The van der Waals surface area contributed by atoms with E-state index in [-0.39, 0.29) is 18.1 Å². The molecule has 1 unspecified atom stereocenters. The third kappa shape index (κ3) is 4.40. The standard InChI is InChI=1S/C12H16FNO2/c1-9(15)6-7-14-12(16)8-10-4-2-3-5-11(10)13/h2-5,9,15H,6-8H2,1H3,(H,14,16). The molecular formula is C12H16FNO2. The number of rotatable bonds is 5. The molecule has 0 aliphatic carbocycles. The molecule has 1 aromatic rings. The highest BCUT2D eigenvalue weighted by molar-refractivity contribution is 5.78. The summed E-state index contributed by atoms with van der Waals surface area (Å²) in [6, 6.07) is 6.20. The molecule has 0 fully saturated rings. The van der Waals surface area contributed by atoms with Crippen LogP contribution in [0.4, 0.5) is 4.39 Å². The van der Waals surface area contributed by atoms with E-state index < -0.39 is 6.10 Å². The van der Waals surface area contributed by atoms with Gasteiger partial charge in [0.05, 0.1) is 12.5 Å². The fourth-order valence-electron chi connectivity index (χ4n) is 1.30. The number of hydrogen-bond donors (Lipinski definition) is 2. The van der Waals surface area contributed by atoms with Crippen LogP contribution in [0.5, 0.6) is 0 Å². The molecule has 0 spiro atoms. The zero-order chi connectivity index (χ0) is 12.0. The molecule has 0 aromatic heterocycles. The van der Waals surface area contributed by atoms with Crippen LogP contribution >= 0.6 is 0 Å². The van der Waals surface area contributed by atoms with Crippen molar-refractivity contribution in [1.29, 1.82) is 0 Å². The Morgan fingerprint density at radius 2 is 2.19 bits per heavy atom. The molecule has 1 aromatic carbocycles. The van der Waals surface area contributed by atoms with E-state index in [4.69, 9.17) is 5.11 Å². The van der Waals surface area contributed by atoms with E-state index in [2.05, 4.69) is 5.32 Å². The predicted molar refractivity (Wildman–Crippen MR) is 59.4 cm³/mol. The lowest BCUT2D eigenvalue weighted by Gasteiger charge is -2.07. The Morgan fingerprint density at radius 3 is 2.81 bits per heavy atom. The molecule has 1 amide bonds. The van der Waals surface area contributed by atoms with Crippen molar-refractivity contribution in [1.82, 2.24) is 5.32 Å². The van der Waals surface area contributed by atoms with E-state index >= 15 is 0 Å². The Balaban J connectivity index is 2.37. The summed E-state index contributed by atoms with van der Waals surface area (Å²) >= 11 is 0. The minimum absolute atomic E-state index is 0.0342. The SMILES string of the molecule is CC(O)CCNC(=O)Cc1ccccc1F. The molecular weight excluding hydrogens is 209 g/mol. The van der Waals surface area contributed by atoms with Crippen LogP contribution in [0.1, 0.15) is 18.9 Å². The summed E-state index contributed by atoms with van der Waals surface area (Å²) in [5.74, 6) is -0.598. The van der Waals surface area contributed by atoms with Gasteiger partial charge in [0.25, 0.3) is 0 Å². The summed E-state index contributed by atoms with van der Waals surface area (Å²) in [7, 11) is 0. The molecule has 88 valence electrons. The van der Waals surface area contributed by atoms with Gasteiger partial charge in [-0.3, -0.25) is 4.79 Å². The van der Waals surface area contributed by atoms with Gasteiger partial charge in [-0.2, -0.15) is 0 Å². The first-order valence-electron chi connectivity index (χ1n) is 5.27. The second kappa shape index (κ2) is 6.23. The molecule has 0 radical (unpaired) electrons. The van der Waals surface area contributed by atoms with E-state index in [9.17, 15) is 9.18 Å². The first kappa shape index (κ1) is 12.6. The van der Waals surface area contributed by atoms with Crippen LogP contribution in [0.3, 0.4) is 0 Å². The van der Waals surface area contributed by atoms with Crippen molar-refractivity contribution < 1.29 is 14.3 Å². The predicted octanol–water partition coefficient (Wildman–Crippen LogP) is 1.26. The summed E-state index contributed by atoms with van der Waals surface area (Å²) in [5, 5.41) is 11.6. The van der Waals surface area contributed by atoms with Crippen molar-refractivity contribution in [3.05, 3.63) is 35.6 Å². The van der Waals surface area contributed by atoms with Crippen LogP contribution in [0.25, 0.3) is 0 Å². The number of hydrogen-bond acceptors (Lipinski definition) is 2. The second-order valence-electron chi connectivity index (χ2n) is 3.76. The van der Waals surface area contributed by atoms with Crippen molar-refractivity contribution in [3.8, 4) is 0 Å². The average Bonchev–Trinajstić information content (AvgIpc) is 2.21. The van der Waals surface area contributed by atoms with Crippen molar-refractivity contribution in [2.24, 2.45) is 0 Å². The topological polar surface area (TPSA) is 49.3 Å². The molecule has 1 atom stereocenters. The Kier molecular flexibility index (Phi) is 4.92. The minimum Gasteiger partial charge on any atom is -0.393 e. The number of nitrogens with one attached hydrogen (secondary N) is 1. The largest absolute Gasteiger partial charge is 0.393 e. The van der Waals surface area contributed by atoms with Gasteiger partial charge in [-0.25, -0.2) is 4.39 Å². The number of aliphatic hydroxyl groups is 1. The Labute approximate surface area is 94.3 Å². The summed E-state index contributed by atoms with van der Waals surface area (Å²) in [4.78, 5) is 11.4. The summed E-state index contributed by atoms with van der Waals surface area (Å²) in [6.07, 6.45) is 0.101. The normalized spacial score (nSPS) is 12.2. The molecule has 0 heterocycles. The maximum atomic E-state index is 13.2. The number of aliphatic hydroxyl groups excluding tert-OH is 1. The summed E-state index contributed by atoms with van der Waals surface area (Å²) in [6.45, 7) is 2.06. The lowest BCUT2D eigenvalue weighted by molar-refractivity contribution is -0.120. The molecule has 0 bridgehead atoms. The zero-order valence-electron chi connectivity index (χ0n) is 9.24. The van der Waals surface area contributed by atoms with Crippen LogP contribution in [-0.4, -0.2) is 23.7 Å². The molecule has 0 saturated heterocycles. The molecule has 4 heteroatoms. The highest BCUT2D eigenvalue weighted by atomic mass is 19.1. The van der Waals surface area contributed by atoms with E-state index in [1.165, 1.54) is 6.07 Å². The van der Waals surface area contributed by atoms with Gasteiger partial charge >= 0.3 is 0 Å². The zero-order valence-corrected chi connectivity index (χ0v) is 9.24. The number of carbonyl (C=O) groups excluding carboxylic acids is 1. The molecule has 16 heavy (non-hydrogen) atoms. The minimum atomic E-state index is -0.436. The van der Waals surface area contributed by atoms with Crippen molar-refractivity contribution in [2.45, 2.75) is 25.9 Å². The van der Waals surface area contributed by atoms with Crippen LogP contribution < -0.4 is 5.32 Å². The number of carbonyl (C=O) groups is 1. The van der Waals surface area contributed by atoms with Gasteiger partial charge in [0, 0.05) is 6.54 Å². The van der Waals surface area contributed by atoms with Gasteiger partial charge in [0.15, 0.2) is 0 Å². The smallest absolute Gasteiger partial charge is 0.224 e. The molecule has 2 N–H and O–H groups in total. The highest BCUT2D eigenvalue weighted by Crippen LogP contribution is 2.06. The Hall–Kier alpha value is -1.42. The first-order chi connectivity index (χ1) is 7.59. The highest BCUT2D eigenvalue weighted by Gasteiger charge is 2.07. The number of halogens is 1. The fourth-order valence-corrected chi connectivity index (χ4v) is 1.30. The van der Waals surface area contributed by atoms with Gasteiger partial charge in [0.1, 0.15) is 5.82 Å². The quantitative estimate of drug-likeness (QED) is 0.792. The van der Waals surface area contributed by atoms with Gasteiger partial charge in [-0.05, 0) is 25.0 Å². The second-order valence-corrected chi connectivity index (χ2v) is 3.76. The maximum Gasteiger partial charge on any atom is 0.224 e. The molecule has 1 rings (SSSR count). The van der Waals surface area contributed by atoms with Gasteiger partial charge in [-0.1, -0.05) is 18.2 Å². The number of amides is 1. The van der Waals surface area contributed by atoms with Crippen LogP contribution in [0.2, 0.25) is 0 Å². The lowest BCUT2D eigenvalue weighted by atomic mass is 10.1. The third-order valence-electron chi connectivity index (χ3n) is 2.19. The van der Waals surface area contributed by atoms with Gasteiger partial charge in [0.2, 0.25) is 5.91 Å². The monoisotopic (exact) mass is 225 g/mol. The Bertz CT molecular complexity index is 353. The van der Waals surface area contributed by atoms with Crippen LogP contribution in [0.15, 0.2) is 24.3 Å². The third-order valence-corrected chi connectivity index (χ3v) is 2.19. The van der Waals surface area contributed by atoms with Crippen LogP contribution in [0, 0.1) is 5.82 Å².